The number of carbonyl (C=O) groups excluding carboxylic acids is 1. The first kappa shape index (κ1) is 20.2. The van der Waals surface area contributed by atoms with Crippen LogP contribution in [0.2, 0.25) is 0 Å². The van der Waals surface area contributed by atoms with E-state index in [-0.39, 0.29) is 11.8 Å². The molecule has 4 aromatic rings. The summed E-state index contributed by atoms with van der Waals surface area (Å²) in [6, 6.07) is 11.6. The van der Waals surface area contributed by atoms with Gasteiger partial charge in [-0.25, -0.2) is 9.97 Å². The lowest BCUT2D eigenvalue weighted by Crippen LogP contribution is -2.38. The summed E-state index contributed by atoms with van der Waals surface area (Å²) in [6.07, 6.45) is 8.31. The van der Waals surface area contributed by atoms with E-state index in [4.69, 9.17) is 9.97 Å². The fourth-order valence-corrected chi connectivity index (χ4v) is 4.20. The van der Waals surface area contributed by atoms with E-state index in [0.29, 0.717) is 12.2 Å². The highest BCUT2D eigenvalue weighted by Crippen LogP contribution is 2.32. The average Bonchev–Trinajstić information content (AvgIpc) is 3.31. The number of rotatable bonds is 6. The van der Waals surface area contributed by atoms with Gasteiger partial charge in [0.15, 0.2) is 11.6 Å². The van der Waals surface area contributed by atoms with Crippen LogP contribution in [-0.2, 0) is 24.1 Å². The molecule has 7 heteroatoms. The molecule has 1 aromatic carbocycles. The Balaban J connectivity index is 1.49. The largest absolute Gasteiger partial charge is 0.350 e. The summed E-state index contributed by atoms with van der Waals surface area (Å²) in [4.78, 5) is 29.3. The molecule has 0 amide bonds. The number of nitrogens with zero attached hydrogens (tertiary/aromatic N) is 6. The second kappa shape index (κ2) is 8.42. The molecule has 1 atom stereocenters. The number of fused-ring (bicyclic) bond motifs is 2. The van der Waals surface area contributed by atoms with E-state index in [2.05, 4.69) is 21.2 Å². The van der Waals surface area contributed by atoms with Gasteiger partial charge in [0.2, 0.25) is 0 Å². The molecule has 0 aliphatic heterocycles. The molecule has 0 bridgehead atoms. The number of carbonyl (C=O) groups is 1. The Morgan fingerprint density at radius 3 is 2.72 bits per heavy atom. The van der Waals surface area contributed by atoms with Gasteiger partial charge in [-0.15, -0.1) is 0 Å². The van der Waals surface area contributed by atoms with Crippen LogP contribution in [0, 0.1) is 0 Å². The zero-order chi connectivity index (χ0) is 22.1. The fraction of sp³-hybridized carbons (Fsp3) is 0.280. The maximum atomic E-state index is 13.0. The van der Waals surface area contributed by atoms with E-state index in [0.717, 1.165) is 58.4 Å². The van der Waals surface area contributed by atoms with Crippen LogP contribution in [0.15, 0.2) is 55.0 Å². The first-order valence-electron chi connectivity index (χ1n) is 10.9. The minimum Gasteiger partial charge on any atom is -0.350 e. The van der Waals surface area contributed by atoms with Gasteiger partial charge >= 0.3 is 0 Å². The Kier molecular flexibility index (Phi) is 5.31. The third kappa shape index (κ3) is 3.82. The standard InChI is InChI=1S/C25H24N6O/c1-16(23(32)12-17-10-11-27-28-14-17)31(2)25-20-8-5-9-21(20)29-24(30-25)22-13-18-6-3-4-7-19(18)15-26-22/h3-4,6-7,10-11,13-16H,5,8-9,12H2,1-2H3/t16-/m1/s1. The molecular formula is C25H24N6O. The summed E-state index contributed by atoms with van der Waals surface area (Å²) >= 11 is 0. The zero-order valence-electron chi connectivity index (χ0n) is 18.2. The number of hydrogen-bond donors (Lipinski definition) is 0. The van der Waals surface area contributed by atoms with Crippen molar-refractivity contribution in [3.63, 3.8) is 0 Å². The molecule has 7 nitrogen and oxygen atoms in total. The Hall–Kier alpha value is -3.74. The molecule has 3 aromatic heterocycles. The number of aromatic nitrogens is 5. The van der Waals surface area contributed by atoms with Gasteiger partial charge in [0.05, 0.1) is 12.2 Å². The molecular weight excluding hydrogens is 400 g/mol. The molecule has 160 valence electrons. The Bertz CT molecular complexity index is 1290. The lowest BCUT2D eigenvalue weighted by Gasteiger charge is -2.27. The number of ketones is 1. The van der Waals surface area contributed by atoms with Gasteiger partial charge in [0.1, 0.15) is 11.5 Å². The third-order valence-electron chi connectivity index (χ3n) is 6.18. The lowest BCUT2D eigenvalue weighted by molar-refractivity contribution is -0.119. The Labute approximate surface area is 186 Å². The van der Waals surface area contributed by atoms with Crippen molar-refractivity contribution in [3.8, 4) is 11.5 Å². The van der Waals surface area contributed by atoms with Crippen molar-refractivity contribution in [1.82, 2.24) is 25.1 Å². The molecule has 0 unspecified atom stereocenters. The van der Waals surface area contributed by atoms with Crippen molar-refractivity contribution >= 4 is 22.4 Å². The minimum atomic E-state index is -0.333. The van der Waals surface area contributed by atoms with Crippen LogP contribution in [0.1, 0.15) is 30.2 Å². The first-order chi connectivity index (χ1) is 15.6. The number of Topliss-reactive ketones (excluding diaryl/α,β-unsaturated/α-hetero) is 1. The molecule has 1 aliphatic rings. The minimum absolute atomic E-state index is 0.108. The van der Waals surface area contributed by atoms with Crippen molar-refractivity contribution in [3.05, 3.63) is 71.8 Å². The molecule has 0 radical (unpaired) electrons. The molecule has 0 saturated carbocycles. The summed E-state index contributed by atoms with van der Waals surface area (Å²) in [5.41, 5.74) is 3.81. The van der Waals surface area contributed by atoms with Crippen molar-refractivity contribution in [2.75, 3.05) is 11.9 Å². The third-order valence-corrected chi connectivity index (χ3v) is 6.18. The highest BCUT2D eigenvalue weighted by Gasteiger charge is 2.27. The maximum absolute atomic E-state index is 13.0. The fourth-order valence-electron chi connectivity index (χ4n) is 4.20. The van der Waals surface area contributed by atoms with Crippen molar-refractivity contribution in [1.29, 1.82) is 0 Å². The number of pyridine rings is 1. The smallest absolute Gasteiger partial charge is 0.180 e. The van der Waals surface area contributed by atoms with Gasteiger partial charge in [-0.3, -0.25) is 9.78 Å². The van der Waals surface area contributed by atoms with E-state index in [1.807, 2.05) is 55.4 Å². The SMILES string of the molecule is C[C@H](C(=O)Cc1ccnnc1)N(C)c1nc(-c2cc3ccccc3cn2)nc2c1CCC2. The van der Waals surface area contributed by atoms with E-state index in [1.165, 1.54) is 0 Å². The van der Waals surface area contributed by atoms with Crippen LogP contribution >= 0.6 is 0 Å². The lowest BCUT2D eigenvalue weighted by atomic mass is 10.1. The zero-order valence-corrected chi connectivity index (χ0v) is 18.2. The van der Waals surface area contributed by atoms with Crippen molar-refractivity contribution in [2.24, 2.45) is 0 Å². The molecule has 3 heterocycles. The summed E-state index contributed by atoms with van der Waals surface area (Å²) < 4.78 is 0. The predicted molar refractivity (Wildman–Crippen MR) is 123 cm³/mol. The van der Waals surface area contributed by atoms with Gasteiger partial charge in [-0.05, 0) is 49.3 Å². The van der Waals surface area contributed by atoms with E-state index in [1.54, 1.807) is 12.4 Å². The summed E-state index contributed by atoms with van der Waals surface area (Å²) in [7, 11) is 1.94. The van der Waals surface area contributed by atoms with Crippen LogP contribution in [0.5, 0.6) is 0 Å². The summed E-state index contributed by atoms with van der Waals surface area (Å²) in [5.74, 6) is 1.54. The topological polar surface area (TPSA) is 84.8 Å². The van der Waals surface area contributed by atoms with Crippen LogP contribution in [-0.4, -0.2) is 44.0 Å². The number of anilines is 1. The molecule has 5 rings (SSSR count). The maximum Gasteiger partial charge on any atom is 0.180 e. The van der Waals surface area contributed by atoms with E-state index >= 15 is 0 Å². The second-order valence-electron chi connectivity index (χ2n) is 8.25. The molecule has 0 fully saturated rings. The second-order valence-corrected chi connectivity index (χ2v) is 8.25. The molecule has 0 saturated heterocycles. The average molecular weight is 425 g/mol. The molecule has 0 N–H and O–H groups in total. The normalized spacial score (nSPS) is 13.7. The Morgan fingerprint density at radius 2 is 1.91 bits per heavy atom. The van der Waals surface area contributed by atoms with Gasteiger partial charge in [0.25, 0.3) is 0 Å². The van der Waals surface area contributed by atoms with Crippen LogP contribution < -0.4 is 4.90 Å². The van der Waals surface area contributed by atoms with Gasteiger partial charge < -0.3 is 4.90 Å². The van der Waals surface area contributed by atoms with E-state index < -0.39 is 0 Å². The summed E-state index contributed by atoms with van der Waals surface area (Å²) in [6.45, 7) is 1.92. The van der Waals surface area contributed by atoms with Gasteiger partial charge in [0, 0.05) is 42.5 Å². The van der Waals surface area contributed by atoms with Gasteiger partial charge in [-0.2, -0.15) is 10.2 Å². The predicted octanol–water partition coefficient (Wildman–Crippen LogP) is 3.61. The van der Waals surface area contributed by atoms with Crippen LogP contribution in [0.25, 0.3) is 22.3 Å². The first-order valence-corrected chi connectivity index (χ1v) is 10.9. The van der Waals surface area contributed by atoms with Gasteiger partial charge in [-0.1, -0.05) is 24.3 Å². The number of likely N-dealkylation sites (N-methyl/N-ethyl adjacent to an activating group) is 1. The van der Waals surface area contributed by atoms with Crippen LogP contribution in [0.4, 0.5) is 5.82 Å². The van der Waals surface area contributed by atoms with Crippen molar-refractivity contribution < 1.29 is 4.79 Å². The van der Waals surface area contributed by atoms with Crippen LogP contribution in [0.3, 0.4) is 0 Å². The molecule has 32 heavy (non-hydrogen) atoms. The number of benzene rings is 1. The molecule has 1 aliphatic carbocycles. The monoisotopic (exact) mass is 424 g/mol. The highest BCUT2D eigenvalue weighted by atomic mass is 16.1. The number of aryl methyl sites for hydroxylation is 1. The number of hydrogen-bond acceptors (Lipinski definition) is 7. The highest BCUT2D eigenvalue weighted by molar-refractivity contribution is 5.89. The van der Waals surface area contributed by atoms with E-state index in [9.17, 15) is 4.79 Å². The Morgan fingerprint density at radius 1 is 1.06 bits per heavy atom. The van der Waals surface area contributed by atoms with Crippen molar-refractivity contribution in [2.45, 2.75) is 38.6 Å². The molecule has 0 spiro atoms. The quantitative estimate of drug-likeness (QED) is 0.467. The summed E-state index contributed by atoms with van der Waals surface area (Å²) in [5, 5.41) is 9.84.